The van der Waals surface area contributed by atoms with Crippen molar-refractivity contribution >= 4 is 23.4 Å². The highest BCUT2D eigenvalue weighted by Gasteiger charge is 2.07. The number of rotatable bonds is 0. The first-order valence-corrected chi connectivity index (χ1v) is 4.38. The average Bonchev–Trinajstić information content (AvgIpc) is 2.05. The van der Waals surface area contributed by atoms with Crippen LogP contribution in [0, 0.1) is 0 Å². The lowest BCUT2D eigenvalue weighted by molar-refractivity contribution is 0.992. The minimum atomic E-state index is 0.415. The highest BCUT2D eigenvalue weighted by atomic mass is 35.5. The third-order valence-corrected chi connectivity index (χ3v) is 2.20. The van der Waals surface area contributed by atoms with Gasteiger partial charge in [-0.05, 0) is 30.7 Å². The fraction of sp³-hybridized carbons (Fsp3) is 0.200. The Hall–Kier alpha value is -0.950. The van der Waals surface area contributed by atoms with Gasteiger partial charge in [-0.1, -0.05) is 23.8 Å². The van der Waals surface area contributed by atoms with Gasteiger partial charge in [0.1, 0.15) is 0 Å². The van der Waals surface area contributed by atoms with E-state index in [2.05, 4.69) is 24.4 Å². The monoisotopic (exact) mass is 179 g/mol. The second kappa shape index (κ2) is 2.83. The molecule has 0 amide bonds. The van der Waals surface area contributed by atoms with Gasteiger partial charge in [-0.15, -0.1) is 0 Å². The quantitative estimate of drug-likeness (QED) is 0.645. The van der Waals surface area contributed by atoms with Crippen LogP contribution in [0.3, 0.4) is 0 Å². The van der Waals surface area contributed by atoms with Gasteiger partial charge in [-0.25, -0.2) is 0 Å². The topological polar surface area (TPSA) is 12.0 Å². The van der Waals surface area contributed by atoms with Crippen molar-refractivity contribution in [3.8, 4) is 0 Å². The SMILES string of the molecule is CC1C=Cc2cc(Cl)ccc2N1. The largest absolute Gasteiger partial charge is 0.379 e. The lowest BCUT2D eigenvalue weighted by Crippen LogP contribution is -2.15. The number of halogens is 1. The molecular weight excluding hydrogens is 170 g/mol. The Morgan fingerprint density at radius 3 is 3.08 bits per heavy atom. The van der Waals surface area contributed by atoms with Crippen molar-refractivity contribution in [2.24, 2.45) is 0 Å². The lowest BCUT2D eigenvalue weighted by atomic mass is 10.1. The normalized spacial score (nSPS) is 20.0. The number of fused-ring (bicyclic) bond motifs is 1. The molecule has 0 saturated heterocycles. The van der Waals surface area contributed by atoms with Crippen LogP contribution in [0.1, 0.15) is 12.5 Å². The minimum Gasteiger partial charge on any atom is -0.379 e. The lowest BCUT2D eigenvalue weighted by Gasteiger charge is -2.18. The van der Waals surface area contributed by atoms with E-state index in [-0.39, 0.29) is 0 Å². The fourth-order valence-corrected chi connectivity index (χ4v) is 1.52. The Kier molecular flexibility index (Phi) is 1.81. The third-order valence-electron chi connectivity index (χ3n) is 1.96. The third kappa shape index (κ3) is 1.32. The van der Waals surface area contributed by atoms with Crippen LogP contribution < -0.4 is 5.32 Å². The molecule has 0 bridgehead atoms. The summed E-state index contributed by atoms with van der Waals surface area (Å²) in [5, 5.41) is 4.13. The summed E-state index contributed by atoms with van der Waals surface area (Å²) in [7, 11) is 0. The first-order valence-electron chi connectivity index (χ1n) is 4.00. The number of anilines is 1. The van der Waals surface area contributed by atoms with Gasteiger partial charge in [0.2, 0.25) is 0 Å². The Morgan fingerprint density at radius 2 is 2.25 bits per heavy atom. The van der Waals surface area contributed by atoms with Crippen LogP contribution in [0.2, 0.25) is 5.02 Å². The molecule has 1 aliphatic heterocycles. The van der Waals surface area contributed by atoms with Crippen molar-refractivity contribution in [3.63, 3.8) is 0 Å². The van der Waals surface area contributed by atoms with E-state index in [0.717, 1.165) is 10.7 Å². The Morgan fingerprint density at radius 1 is 1.42 bits per heavy atom. The zero-order valence-corrected chi connectivity index (χ0v) is 7.60. The maximum absolute atomic E-state index is 5.85. The van der Waals surface area contributed by atoms with Crippen molar-refractivity contribution in [2.75, 3.05) is 5.32 Å². The van der Waals surface area contributed by atoms with Gasteiger partial charge in [-0.3, -0.25) is 0 Å². The van der Waals surface area contributed by atoms with Crippen molar-refractivity contribution in [2.45, 2.75) is 13.0 Å². The second-order valence-corrected chi connectivity index (χ2v) is 3.46. The molecule has 1 aromatic carbocycles. The van der Waals surface area contributed by atoms with E-state index in [0.29, 0.717) is 6.04 Å². The highest BCUT2D eigenvalue weighted by Crippen LogP contribution is 2.25. The summed E-state index contributed by atoms with van der Waals surface area (Å²) < 4.78 is 0. The molecule has 0 aliphatic carbocycles. The van der Waals surface area contributed by atoms with Gasteiger partial charge in [-0.2, -0.15) is 0 Å². The van der Waals surface area contributed by atoms with Gasteiger partial charge in [0.15, 0.2) is 0 Å². The predicted molar refractivity (Wildman–Crippen MR) is 53.6 cm³/mol. The molecule has 62 valence electrons. The highest BCUT2D eigenvalue weighted by molar-refractivity contribution is 6.30. The van der Waals surface area contributed by atoms with E-state index in [1.807, 2.05) is 18.2 Å². The first kappa shape index (κ1) is 7.69. The predicted octanol–water partition coefficient (Wildman–Crippen LogP) is 3.17. The summed E-state index contributed by atoms with van der Waals surface area (Å²) in [6, 6.07) is 6.29. The van der Waals surface area contributed by atoms with Crippen LogP contribution in [0.25, 0.3) is 6.08 Å². The Bertz CT molecular complexity index is 331. The number of hydrogen-bond acceptors (Lipinski definition) is 1. The molecule has 2 rings (SSSR count). The van der Waals surface area contributed by atoms with Crippen LogP contribution in [0.4, 0.5) is 5.69 Å². The van der Waals surface area contributed by atoms with Crippen molar-refractivity contribution < 1.29 is 0 Å². The second-order valence-electron chi connectivity index (χ2n) is 3.02. The van der Waals surface area contributed by atoms with Gasteiger partial charge in [0.05, 0.1) is 0 Å². The van der Waals surface area contributed by atoms with E-state index < -0.39 is 0 Å². The van der Waals surface area contributed by atoms with Gasteiger partial charge >= 0.3 is 0 Å². The van der Waals surface area contributed by atoms with E-state index in [9.17, 15) is 0 Å². The molecule has 12 heavy (non-hydrogen) atoms. The summed E-state index contributed by atoms with van der Waals surface area (Å²) in [4.78, 5) is 0. The Balaban J connectivity index is 2.47. The molecule has 0 fully saturated rings. The maximum Gasteiger partial charge on any atom is 0.0419 e. The molecule has 0 spiro atoms. The number of hydrogen-bond donors (Lipinski definition) is 1. The van der Waals surface area contributed by atoms with E-state index in [1.54, 1.807) is 0 Å². The molecule has 2 heteroatoms. The van der Waals surface area contributed by atoms with Crippen molar-refractivity contribution in [1.82, 2.24) is 0 Å². The van der Waals surface area contributed by atoms with Crippen LogP contribution in [-0.2, 0) is 0 Å². The smallest absolute Gasteiger partial charge is 0.0419 e. The van der Waals surface area contributed by atoms with E-state index in [4.69, 9.17) is 11.6 Å². The molecule has 0 saturated carbocycles. The summed E-state index contributed by atoms with van der Waals surface area (Å²) in [6.45, 7) is 2.12. The molecule has 1 N–H and O–H groups in total. The summed E-state index contributed by atoms with van der Waals surface area (Å²) in [6.07, 6.45) is 4.22. The average molecular weight is 180 g/mol. The van der Waals surface area contributed by atoms with Crippen LogP contribution in [0.15, 0.2) is 24.3 Å². The zero-order valence-electron chi connectivity index (χ0n) is 6.84. The van der Waals surface area contributed by atoms with Gasteiger partial charge in [0, 0.05) is 16.8 Å². The Labute approximate surface area is 77.0 Å². The number of benzene rings is 1. The standard InChI is InChI=1S/C10H10ClN/c1-7-2-3-8-6-9(11)4-5-10(8)12-7/h2-7,12H,1H3. The molecule has 1 heterocycles. The molecule has 1 unspecified atom stereocenters. The molecule has 1 aliphatic rings. The molecule has 1 nitrogen and oxygen atoms in total. The molecular formula is C10H10ClN. The van der Waals surface area contributed by atoms with Crippen LogP contribution >= 0.6 is 11.6 Å². The summed E-state index contributed by atoms with van der Waals surface area (Å²) >= 11 is 5.85. The van der Waals surface area contributed by atoms with Gasteiger partial charge in [0.25, 0.3) is 0 Å². The number of nitrogens with one attached hydrogen (secondary N) is 1. The van der Waals surface area contributed by atoms with Crippen LogP contribution in [-0.4, -0.2) is 6.04 Å². The molecule has 0 radical (unpaired) electrons. The maximum atomic E-state index is 5.85. The van der Waals surface area contributed by atoms with E-state index in [1.165, 1.54) is 5.56 Å². The van der Waals surface area contributed by atoms with Crippen molar-refractivity contribution in [3.05, 3.63) is 34.9 Å². The summed E-state index contributed by atoms with van der Waals surface area (Å²) in [5.41, 5.74) is 2.33. The fourth-order valence-electron chi connectivity index (χ4n) is 1.34. The molecule has 1 aromatic rings. The first-order chi connectivity index (χ1) is 5.75. The zero-order chi connectivity index (χ0) is 8.55. The van der Waals surface area contributed by atoms with E-state index >= 15 is 0 Å². The summed E-state index contributed by atoms with van der Waals surface area (Å²) in [5.74, 6) is 0. The van der Waals surface area contributed by atoms with Gasteiger partial charge < -0.3 is 5.32 Å². The minimum absolute atomic E-state index is 0.415. The molecule has 1 atom stereocenters. The van der Waals surface area contributed by atoms with Crippen molar-refractivity contribution in [1.29, 1.82) is 0 Å². The van der Waals surface area contributed by atoms with Crippen LogP contribution in [0.5, 0.6) is 0 Å². The molecule has 0 aromatic heterocycles.